The summed E-state index contributed by atoms with van der Waals surface area (Å²) in [6.45, 7) is 18.5. The molecule has 9 rings (SSSR count). The molecule has 0 saturated heterocycles. The zero-order chi connectivity index (χ0) is 39.2. The molecule has 0 bridgehead atoms. The number of hydrogen-bond acceptors (Lipinski definition) is 3. The van der Waals surface area contributed by atoms with Crippen molar-refractivity contribution in [3.8, 4) is 28.3 Å². The average Bonchev–Trinajstić information content (AvgIpc) is 3.76. The van der Waals surface area contributed by atoms with Gasteiger partial charge in [0.15, 0.2) is 0 Å². The summed E-state index contributed by atoms with van der Waals surface area (Å²) in [5.41, 5.74) is 10.7. The van der Waals surface area contributed by atoms with E-state index in [1.165, 1.54) is 27.1 Å². The molecule has 4 nitrogen and oxygen atoms in total. The van der Waals surface area contributed by atoms with Gasteiger partial charge < -0.3 is 14.0 Å². The molecule has 3 aromatic heterocycles. The molecule has 0 fully saturated rings. The van der Waals surface area contributed by atoms with Gasteiger partial charge in [-0.1, -0.05) is 138 Å². The van der Waals surface area contributed by atoms with Crippen LogP contribution in [0, 0.1) is 18.1 Å². The third-order valence-electron chi connectivity index (χ3n) is 10.5. The molecule has 289 valence electrons. The van der Waals surface area contributed by atoms with Gasteiger partial charge in [0.2, 0.25) is 0 Å². The number of pyridine rings is 1. The van der Waals surface area contributed by atoms with Crippen molar-refractivity contribution in [2.45, 2.75) is 66.1 Å². The maximum atomic E-state index is 6.31. The number of nitrogens with zero attached hydrogens (tertiary/aromatic N) is 3. The maximum absolute atomic E-state index is 6.31. The van der Waals surface area contributed by atoms with Crippen LogP contribution in [0.15, 0.2) is 138 Å². The molecule has 0 aliphatic carbocycles. The monoisotopic (exact) mass is 940 g/mol. The second-order valence-electron chi connectivity index (χ2n) is 17.3. The van der Waals surface area contributed by atoms with E-state index in [9.17, 15) is 0 Å². The van der Waals surface area contributed by atoms with Gasteiger partial charge in [0, 0.05) is 37.4 Å². The Morgan fingerprint density at radius 2 is 1.51 bits per heavy atom. The van der Waals surface area contributed by atoms with Crippen molar-refractivity contribution in [2.75, 3.05) is 0 Å². The van der Waals surface area contributed by atoms with Crippen LogP contribution >= 0.6 is 0 Å². The summed E-state index contributed by atoms with van der Waals surface area (Å²) in [4.78, 5) is 9.81. The Balaban J connectivity index is 0.000000179. The first-order valence-corrected chi connectivity index (χ1v) is 23.2. The third-order valence-corrected chi connectivity index (χ3v) is 12.6. The molecule has 0 saturated carbocycles. The van der Waals surface area contributed by atoms with Crippen LogP contribution in [0.3, 0.4) is 0 Å². The van der Waals surface area contributed by atoms with E-state index in [0.29, 0.717) is 5.92 Å². The average molecular weight is 940 g/mol. The van der Waals surface area contributed by atoms with Gasteiger partial charge in [0.05, 0.1) is 30.5 Å². The summed E-state index contributed by atoms with van der Waals surface area (Å²) in [7, 11) is -1.38. The zero-order valence-corrected chi connectivity index (χ0v) is 37.5. The molecular formula is C51H49IrN3OSi-2. The van der Waals surface area contributed by atoms with E-state index in [2.05, 4.69) is 174 Å². The standard InChI is InChI=1S/C29H17N2O.C22H32NSi.Ir/c1-2-9-20-18-21(17-16-19(20)8-1)31-26-14-5-4-13-25(26)30-29(31)24-12-7-11-23-22-10-3-6-15-27(22)32-28(23)24;1-16(2)13-18-14-20(23-15-21(18)24(6,7)8)17-9-11-19(12-10-17)22(3,4)5;/h1-11,13-18H;9,11-12,14-16H,13H2,1-8H3;/q2*-1;. The van der Waals surface area contributed by atoms with Crippen LogP contribution in [0.25, 0.3) is 72.1 Å². The smallest absolute Gasteiger partial charge is 0.120 e. The van der Waals surface area contributed by atoms with Gasteiger partial charge >= 0.3 is 0 Å². The van der Waals surface area contributed by atoms with Crippen LogP contribution in [-0.2, 0) is 31.9 Å². The molecule has 9 aromatic rings. The van der Waals surface area contributed by atoms with E-state index in [1.807, 2.05) is 30.3 Å². The van der Waals surface area contributed by atoms with Gasteiger partial charge in [-0.15, -0.1) is 53.6 Å². The molecule has 0 aliphatic rings. The van der Waals surface area contributed by atoms with Gasteiger partial charge in [-0.05, 0) is 69.7 Å². The van der Waals surface area contributed by atoms with Gasteiger partial charge in [0.25, 0.3) is 0 Å². The number of aromatic nitrogens is 3. The molecule has 0 spiro atoms. The van der Waals surface area contributed by atoms with Crippen molar-refractivity contribution >= 4 is 57.0 Å². The fourth-order valence-corrected chi connectivity index (χ4v) is 9.20. The van der Waals surface area contributed by atoms with Crippen molar-refractivity contribution in [1.29, 1.82) is 0 Å². The van der Waals surface area contributed by atoms with Gasteiger partial charge in [-0.2, -0.15) is 0 Å². The first-order valence-electron chi connectivity index (χ1n) is 19.7. The molecule has 0 N–H and O–H groups in total. The van der Waals surface area contributed by atoms with E-state index >= 15 is 0 Å². The Hall–Kier alpha value is -5.13. The SMILES string of the molecule is CC(C)Cc1cc(-c2[c-]cc(C(C)(C)C)cc2)ncc1[Si](C)(C)C.[Ir].[c-]1ccc2c(oc3ccccc32)c1-c1nc2ccccc2n1-c1ccc2ccccc2c1. The van der Waals surface area contributed by atoms with Crippen molar-refractivity contribution in [3.05, 3.63) is 157 Å². The van der Waals surface area contributed by atoms with Crippen LogP contribution in [0.1, 0.15) is 45.7 Å². The zero-order valence-electron chi connectivity index (χ0n) is 34.1. The maximum Gasteiger partial charge on any atom is 0.120 e. The van der Waals surface area contributed by atoms with Gasteiger partial charge in [0.1, 0.15) is 5.58 Å². The quantitative estimate of drug-likeness (QED) is 0.123. The number of imidazole rings is 1. The molecule has 0 amide bonds. The van der Waals surface area contributed by atoms with Crippen LogP contribution in [0.5, 0.6) is 0 Å². The van der Waals surface area contributed by atoms with Crippen molar-refractivity contribution < 1.29 is 24.5 Å². The van der Waals surface area contributed by atoms with Crippen LogP contribution in [0.2, 0.25) is 19.6 Å². The summed E-state index contributed by atoms with van der Waals surface area (Å²) in [5.74, 6) is 1.48. The first-order chi connectivity index (χ1) is 26.8. The predicted octanol–water partition coefficient (Wildman–Crippen LogP) is 13.1. The summed E-state index contributed by atoms with van der Waals surface area (Å²) in [6.07, 6.45) is 3.25. The molecule has 1 radical (unpaired) electrons. The molecular weight excluding hydrogens is 891 g/mol. The van der Waals surface area contributed by atoms with E-state index < -0.39 is 8.07 Å². The Morgan fingerprint density at radius 1 is 0.772 bits per heavy atom. The number of benzene rings is 6. The number of rotatable bonds is 6. The number of furan rings is 1. The van der Waals surface area contributed by atoms with E-state index in [1.54, 1.807) is 0 Å². The molecule has 6 aromatic carbocycles. The minimum absolute atomic E-state index is 0. The molecule has 57 heavy (non-hydrogen) atoms. The fourth-order valence-electron chi connectivity index (χ4n) is 7.61. The predicted molar refractivity (Wildman–Crippen MR) is 239 cm³/mol. The third kappa shape index (κ3) is 8.18. The largest absolute Gasteiger partial charge is 0.501 e. The van der Waals surface area contributed by atoms with Crippen LogP contribution in [0.4, 0.5) is 0 Å². The minimum atomic E-state index is -1.38. The number of hydrogen-bond donors (Lipinski definition) is 0. The Morgan fingerprint density at radius 3 is 2.25 bits per heavy atom. The molecule has 0 atom stereocenters. The van der Waals surface area contributed by atoms with Crippen LogP contribution < -0.4 is 5.19 Å². The summed E-state index contributed by atoms with van der Waals surface area (Å²) in [6, 6.07) is 51.0. The number of fused-ring (bicyclic) bond motifs is 5. The van der Waals surface area contributed by atoms with Crippen molar-refractivity contribution in [3.63, 3.8) is 0 Å². The summed E-state index contributed by atoms with van der Waals surface area (Å²) < 4.78 is 8.52. The summed E-state index contributed by atoms with van der Waals surface area (Å²) in [5, 5.41) is 6.08. The van der Waals surface area contributed by atoms with E-state index in [4.69, 9.17) is 14.4 Å². The Bertz CT molecular complexity index is 2840. The fraction of sp³-hybridized carbons (Fsp3) is 0.216. The molecule has 0 unspecified atom stereocenters. The van der Waals surface area contributed by atoms with Crippen molar-refractivity contribution in [1.82, 2.24) is 14.5 Å². The second-order valence-corrected chi connectivity index (χ2v) is 22.3. The minimum Gasteiger partial charge on any atom is -0.501 e. The Labute approximate surface area is 351 Å². The van der Waals surface area contributed by atoms with E-state index in [-0.39, 0.29) is 25.5 Å². The molecule has 0 aliphatic heterocycles. The second kappa shape index (κ2) is 16.0. The van der Waals surface area contributed by atoms with Gasteiger partial charge in [-0.3, -0.25) is 4.98 Å². The van der Waals surface area contributed by atoms with Gasteiger partial charge in [-0.25, -0.2) is 0 Å². The van der Waals surface area contributed by atoms with Crippen molar-refractivity contribution in [2.24, 2.45) is 5.92 Å². The first kappa shape index (κ1) is 40.1. The van der Waals surface area contributed by atoms with Crippen LogP contribution in [-0.4, -0.2) is 22.6 Å². The Kier molecular flexibility index (Phi) is 11.3. The topological polar surface area (TPSA) is 43.9 Å². The molecule has 6 heteroatoms. The number of para-hydroxylation sites is 3. The van der Waals surface area contributed by atoms with E-state index in [0.717, 1.165) is 67.7 Å². The normalized spacial score (nSPS) is 11.9. The molecule has 3 heterocycles. The summed E-state index contributed by atoms with van der Waals surface area (Å²) >= 11 is 0.